The Morgan fingerprint density at radius 2 is 2.11 bits per heavy atom. The number of carbonyl (C=O) groups is 2. The van der Waals surface area contributed by atoms with E-state index in [0.29, 0.717) is 24.2 Å². The Balaban J connectivity index is 1.76. The van der Waals surface area contributed by atoms with Gasteiger partial charge in [-0.05, 0) is 57.1 Å². The summed E-state index contributed by atoms with van der Waals surface area (Å²) in [7, 11) is 5.60. The molecule has 1 aromatic heterocycles. The topological polar surface area (TPSA) is 74.4 Å². The smallest absolute Gasteiger partial charge is 0.268 e. The number of methoxy groups -OCH3 is 1. The summed E-state index contributed by atoms with van der Waals surface area (Å²) in [6, 6.07) is 7.86. The quantitative estimate of drug-likeness (QED) is 0.821. The maximum absolute atomic E-state index is 12.8. The van der Waals surface area contributed by atoms with Gasteiger partial charge in [-0.15, -0.1) is 0 Å². The lowest BCUT2D eigenvalue weighted by atomic mass is 9.94. The highest BCUT2D eigenvalue weighted by atomic mass is 16.5. The number of ether oxygens (including phenoxy) is 1. The first-order valence-electron chi connectivity index (χ1n) is 9.25. The average molecular weight is 369 g/mol. The third-order valence-corrected chi connectivity index (χ3v) is 5.22. The SMILES string of the molecule is COc1cccc(C(CNC(=O)c2[nH]c3c(c2C)C(=O)CCC3)N(C)C)c1. The number of Topliss-reactive ketones (excluding diaryl/α,β-unsaturated/α-hetero) is 1. The van der Waals surface area contributed by atoms with Gasteiger partial charge in [0, 0.05) is 24.2 Å². The number of H-pyrrole nitrogens is 1. The molecule has 2 aromatic rings. The Bertz CT molecular complexity index is 854. The number of hydrogen-bond donors (Lipinski definition) is 2. The van der Waals surface area contributed by atoms with Crippen molar-refractivity contribution in [1.29, 1.82) is 0 Å². The number of nitrogens with one attached hydrogen (secondary N) is 2. The molecule has 3 rings (SSSR count). The third kappa shape index (κ3) is 3.90. The van der Waals surface area contributed by atoms with Crippen molar-refractivity contribution in [2.45, 2.75) is 32.2 Å². The Morgan fingerprint density at radius 1 is 1.33 bits per heavy atom. The van der Waals surface area contributed by atoms with Gasteiger partial charge in [-0.3, -0.25) is 9.59 Å². The van der Waals surface area contributed by atoms with Gasteiger partial charge in [0.1, 0.15) is 11.4 Å². The minimum absolute atomic E-state index is 0.00979. The van der Waals surface area contributed by atoms with Crippen molar-refractivity contribution >= 4 is 11.7 Å². The van der Waals surface area contributed by atoms with Gasteiger partial charge in [-0.1, -0.05) is 12.1 Å². The molecule has 0 aliphatic heterocycles. The highest BCUT2D eigenvalue weighted by Crippen LogP contribution is 2.27. The number of amides is 1. The number of fused-ring (bicyclic) bond motifs is 1. The van der Waals surface area contributed by atoms with E-state index in [4.69, 9.17) is 4.74 Å². The first kappa shape index (κ1) is 19.2. The van der Waals surface area contributed by atoms with Crippen LogP contribution >= 0.6 is 0 Å². The fraction of sp³-hybridized carbons (Fsp3) is 0.429. The molecule has 1 aliphatic rings. The van der Waals surface area contributed by atoms with Crippen LogP contribution in [-0.2, 0) is 6.42 Å². The molecule has 0 saturated carbocycles. The molecule has 0 saturated heterocycles. The molecule has 0 fully saturated rings. The normalized spacial score (nSPS) is 14.8. The van der Waals surface area contributed by atoms with Gasteiger partial charge in [-0.25, -0.2) is 0 Å². The number of aromatic amines is 1. The van der Waals surface area contributed by atoms with Gasteiger partial charge in [0.15, 0.2) is 5.78 Å². The second-order valence-corrected chi connectivity index (χ2v) is 7.22. The van der Waals surface area contributed by atoms with Gasteiger partial charge in [0.05, 0.1) is 13.2 Å². The van der Waals surface area contributed by atoms with Crippen LogP contribution in [0.3, 0.4) is 0 Å². The standard InChI is InChI=1S/C21H27N3O3/c1-13-19-16(9-6-10-18(19)25)23-20(13)21(26)22-12-17(24(2)3)14-7-5-8-15(11-14)27-4/h5,7-8,11,17,23H,6,9-10,12H2,1-4H3,(H,22,26). The molecule has 1 aromatic carbocycles. The molecule has 6 nitrogen and oxygen atoms in total. The fourth-order valence-electron chi connectivity index (χ4n) is 3.73. The number of likely N-dealkylation sites (N-methyl/N-ethyl adjacent to an activating group) is 1. The lowest BCUT2D eigenvalue weighted by Crippen LogP contribution is -2.35. The largest absolute Gasteiger partial charge is 0.497 e. The zero-order chi connectivity index (χ0) is 19.6. The fourth-order valence-corrected chi connectivity index (χ4v) is 3.73. The van der Waals surface area contributed by atoms with Crippen LogP contribution in [0.4, 0.5) is 0 Å². The zero-order valence-corrected chi connectivity index (χ0v) is 16.4. The van der Waals surface area contributed by atoms with E-state index in [2.05, 4.69) is 15.2 Å². The number of aromatic nitrogens is 1. The third-order valence-electron chi connectivity index (χ3n) is 5.22. The molecule has 6 heteroatoms. The number of ketones is 1. The Labute approximate surface area is 159 Å². The van der Waals surface area contributed by atoms with Crippen LogP contribution in [0.1, 0.15) is 56.6 Å². The van der Waals surface area contributed by atoms with Crippen LogP contribution < -0.4 is 10.1 Å². The molecular formula is C21H27N3O3. The average Bonchev–Trinajstić information content (AvgIpc) is 2.99. The highest BCUT2D eigenvalue weighted by Gasteiger charge is 2.26. The van der Waals surface area contributed by atoms with Crippen molar-refractivity contribution in [2.75, 3.05) is 27.7 Å². The maximum Gasteiger partial charge on any atom is 0.268 e. The lowest BCUT2D eigenvalue weighted by Gasteiger charge is -2.25. The van der Waals surface area contributed by atoms with Crippen molar-refractivity contribution in [1.82, 2.24) is 15.2 Å². The van der Waals surface area contributed by atoms with E-state index in [9.17, 15) is 9.59 Å². The summed E-state index contributed by atoms with van der Waals surface area (Å²) in [6.45, 7) is 2.30. The van der Waals surface area contributed by atoms with E-state index in [1.165, 1.54) is 0 Å². The Kier molecular flexibility index (Phi) is 5.65. The first-order chi connectivity index (χ1) is 12.9. The van der Waals surface area contributed by atoms with Gasteiger partial charge in [0.2, 0.25) is 0 Å². The van der Waals surface area contributed by atoms with E-state index in [0.717, 1.165) is 35.4 Å². The lowest BCUT2D eigenvalue weighted by molar-refractivity contribution is 0.0936. The molecule has 1 amide bonds. The summed E-state index contributed by atoms with van der Waals surface area (Å²) in [5.74, 6) is 0.744. The summed E-state index contributed by atoms with van der Waals surface area (Å²) in [5.41, 5.74) is 3.93. The maximum atomic E-state index is 12.8. The second kappa shape index (κ2) is 7.96. The van der Waals surface area contributed by atoms with Gasteiger partial charge in [0.25, 0.3) is 5.91 Å². The van der Waals surface area contributed by atoms with Crippen LogP contribution in [0.25, 0.3) is 0 Å². The monoisotopic (exact) mass is 369 g/mol. The molecule has 1 unspecified atom stereocenters. The predicted molar refractivity (Wildman–Crippen MR) is 105 cm³/mol. The number of benzene rings is 1. The second-order valence-electron chi connectivity index (χ2n) is 7.22. The van der Waals surface area contributed by atoms with Crippen LogP contribution in [0.5, 0.6) is 5.75 Å². The summed E-state index contributed by atoms with van der Waals surface area (Å²) >= 11 is 0. The summed E-state index contributed by atoms with van der Waals surface area (Å²) in [4.78, 5) is 30.2. The molecule has 27 heavy (non-hydrogen) atoms. The summed E-state index contributed by atoms with van der Waals surface area (Å²) in [5, 5.41) is 3.02. The number of nitrogens with zero attached hydrogens (tertiary/aromatic N) is 1. The van der Waals surface area contributed by atoms with E-state index in [1.54, 1.807) is 7.11 Å². The Hall–Kier alpha value is -2.60. The van der Waals surface area contributed by atoms with E-state index < -0.39 is 0 Å². The van der Waals surface area contributed by atoms with Gasteiger partial charge < -0.3 is 19.9 Å². The Morgan fingerprint density at radius 3 is 2.78 bits per heavy atom. The van der Waals surface area contributed by atoms with Crippen molar-refractivity contribution < 1.29 is 14.3 Å². The summed E-state index contributed by atoms with van der Waals surface area (Å²) in [6.07, 6.45) is 2.22. The molecule has 1 atom stereocenters. The van der Waals surface area contributed by atoms with Crippen LogP contribution in [-0.4, -0.2) is 49.3 Å². The number of hydrogen-bond acceptors (Lipinski definition) is 4. The first-order valence-corrected chi connectivity index (χ1v) is 9.25. The summed E-state index contributed by atoms with van der Waals surface area (Å²) < 4.78 is 5.31. The van der Waals surface area contributed by atoms with Crippen molar-refractivity contribution in [3.63, 3.8) is 0 Å². The van der Waals surface area contributed by atoms with Crippen molar-refractivity contribution in [3.8, 4) is 5.75 Å². The minimum Gasteiger partial charge on any atom is -0.497 e. The van der Waals surface area contributed by atoms with Gasteiger partial charge in [-0.2, -0.15) is 0 Å². The van der Waals surface area contributed by atoms with Crippen LogP contribution in [0, 0.1) is 6.92 Å². The van der Waals surface area contributed by atoms with Crippen LogP contribution in [0.2, 0.25) is 0 Å². The number of carbonyl (C=O) groups excluding carboxylic acids is 2. The van der Waals surface area contributed by atoms with Crippen LogP contribution in [0.15, 0.2) is 24.3 Å². The number of rotatable bonds is 6. The number of aryl methyl sites for hydroxylation is 1. The molecule has 0 radical (unpaired) electrons. The molecule has 0 bridgehead atoms. The highest BCUT2D eigenvalue weighted by molar-refractivity contribution is 6.04. The van der Waals surface area contributed by atoms with E-state index in [-0.39, 0.29) is 17.7 Å². The predicted octanol–water partition coefficient (Wildman–Crippen LogP) is 2.88. The molecule has 1 aliphatic carbocycles. The van der Waals surface area contributed by atoms with Gasteiger partial charge >= 0.3 is 0 Å². The molecule has 144 valence electrons. The van der Waals surface area contributed by atoms with E-state index in [1.807, 2.05) is 45.3 Å². The molecule has 0 spiro atoms. The minimum atomic E-state index is -0.176. The molecule has 1 heterocycles. The molecular weight excluding hydrogens is 342 g/mol. The molecule has 2 N–H and O–H groups in total. The zero-order valence-electron chi connectivity index (χ0n) is 16.4. The van der Waals surface area contributed by atoms with Crippen molar-refractivity contribution in [3.05, 3.63) is 52.3 Å². The van der Waals surface area contributed by atoms with E-state index >= 15 is 0 Å². The van der Waals surface area contributed by atoms with Crippen molar-refractivity contribution in [2.24, 2.45) is 0 Å².